The van der Waals surface area contributed by atoms with Crippen molar-refractivity contribution in [1.82, 2.24) is 19.9 Å². The number of aromatic nitrogens is 4. The van der Waals surface area contributed by atoms with Gasteiger partial charge in [-0.05, 0) is 61.1 Å². The molecule has 0 N–H and O–H groups in total. The summed E-state index contributed by atoms with van der Waals surface area (Å²) in [6.45, 7) is 0. The summed E-state index contributed by atoms with van der Waals surface area (Å²) in [4.78, 5) is 20.1. The predicted molar refractivity (Wildman–Crippen MR) is 198 cm³/mol. The minimum Gasteiger partial charge on any atom is -0.228 e. The van der Waals surface area contributed by atoms with E-state index < -0.39 is 0 Å². The van der Waals surface area contributed by atoms with Crippen LogP contribution < -0.4 is 0 Å². The fraction of sp³-hybridized carbons (Fsp3) is 0.156. The Kier molecular flexibility index (Phi) is 7.42. The molecule has 2 fully saturated rings. The number of nitrogens with zero attached hydrogens (tertiary/aromatic N) is 4. The van der Waals surface area contributed by atoms with E-state index in [1.807, 2.05) is 54.6 Å². The van der Waals surface area contributed by atoms with Crippen molar-refractivity contribution in [3.63, 3.8) is 0 Å². The standard InChI is InChI=1S/C45H36N4/c1-4-10-32(11-5-1)39-28-40(47-43(46-39)36-12-6-2-7-13-36)33-16-18-34(19-17-33)41-29-42(49-44(48-41)37-14-8-3-9-15-37)35-20-22-38(23-21-35)45-26-24-31(30-45)25-27-45/h1-23,28-29,31H,24-27,30H2. The van der Waals surface area contributed by atoms with Crippen molar-refractivity contribution in [2.45, 2.75) is 37.5 Å². The summed E-state index contributed by atoms with van der Waals surface area (Å²) in [6, 6.07) is 52.7. The number of fused-ring (bicyclic) bond motifs is 2. The van der Waals surface area contributed by atoms with E-state index in [-0.39, 0.29) is 0 Å². The third kappa shape index (κ3) is 5.74. The Labute approximate surface area is 287 Å². The molecule has 2 heterocycles. The number of benzene rings is 5. The summed E-state index contributed by atoms with van der Waals surface area (Å²) in [6.07, 6.45) is 6.79. The van der Waals surface area contributed by atoms with Gasteiger partial charge in [-0.3, -0.25) is 0 Å². The summed E-state index contributed by atoms with van der Waals surface area (Å²) >= 11 is 0. The van der Waals surface area contributed by atoms with Crippen molar-refractivity contribution >= 4 is 0 Å². The maximum atomic E-state index is 5.09. The minimum absolute atomic E-state index is 0.393. The van der Waals surface area contributed by atoms with Gasteiger partial charge >= 0.3 is 0 Å². The highest BCUT2D eigenvalue weighted by atomic mass is 14.9. The van der Waals surface area contributed by atoms with Gasteiger partial charge in [-0.15, -0.1) is 0 Å². The van der Waals surface area contributed by atoms with Gasteiger partial charge in [0.15, 0.2) is 11.6 Å². The first-order valence-corrected chi connectivity index (χ1v) is 17.4. The van der Waals surface area contributed by atoms with Crippen molar-refractivity contribution in [1.29, 1.82) is 0 Å². The van der Waals surface area contributed by atoms with Gasteiger partial charge in [0.2, 0.25) is 0 Å². The van der Waals surface area contributed by atoms with Gasteiger partial charge in [-0.1, -0.05) is 140 Å². The lowest BCUT2D eigenvalue weighted by Crippen LogP contribution is -2.19. The summed E-state index contributed by atoms with van der Waals surface area (Å²) in [5, 5.41) is 0. The zero-order valence-electron chi connectivity index (χ0n) is 27.3. The van der Waals surface area contributed by atoms with Crippen LogP contribution in [0, 0.1) is 5.92 Å². The van der Waals surface area contributed by atoms with Crippen LogP contribution in [0.15, 0.2) is 152 Å². The van der Waals surface area contributed by atoms with Crippen LogP contribution in [0.1, 0.15) is 37.7 Å². The van der Waals surface area contributed by atoms with E-state index in [0.29, 0.717) is 11.2 Å². The number of hydrogen-bond donors (Lipinski definition) is 0. The van der Waals surface area contributed by atoms with Crippen molar-refractivity contribution in [2.24, 2.45) is 5.92 Å². The molecule has 0 saturated heterocycles. The van der Waals surface area contributed by atoms with Crippen LogP contribution in [0.4, 0.5) is 0 Å². The summed E-state index contributed by atoms with van der Waals surface area (Å²) in [7, 11) is 0. The second kappa shape index (κ2) is 12.4. The summed E-state index contributed by atoms with van der Waals surface area (Å²) in [5.41, 5.74) is 11.7. The molecule has 4 nitrogen and oxygen atoms in total. The van der Waals surface area contributed by atoms with Crippen LogP contribution in [-0.2, 0) is 5.41 Å². The highest BCUT2D eigenvalue weighted by Gasteiger charge is 2.45. The van der Waals surface area contributed by atoms with Crippen molar-refractivity contribution in [3.8, 4) is 67.8 Å². The Morgan fingerprint density at radius 3 is 1.10 bits per heavy atom. The molecule has 0 atom stereocenters. The van der Waals surface area contributed by atoms with Gasteiger partial charge in [0, 0.05) is 33.4 Å². The van der Waals surface area contributed by atoms with Crippen LogP contribution in [0.25, 0.3) is 67.8 Å². The SMILES string of the molecule is c1ccc(-c2cc(-c3ccc(-c4cc(-c5ccc(C67CCC(CC6)C7)cc5)nc(-c5ccccc5)n4)cc3)nc(-c3ccccc3)n2)cc1. The molecule has 2 aliphatic rings. The third-order valence-corrected chi connectivity index (χ3v) is 10.6. The smallest absolute Gasteiger partial charge is 0.160 e. The molecule has 7 aromatic rings. The van der Waals surface area contributed by atoms with E-state index in [4.69, 9.17) is 19.9 Å². The lowest BCUT2D eigenvalue weighted by molar-refractivity contribution is 0.419. The van der Waals surface area contributed by atoms with Crippen molar-refractivity contribution in [3.05, 3.63) is 157 Å². The zero-order chi connectivity index (χ0) is 32.6. The summed E-state index contributed by atoms with van der Waals surface area (Å²) < 4.78 is 0. The quantitative estimate of drug-likeness (QED) is 0.175. The fourth-order valence-corrected chi connectivity index (χ4v) is 7.93. The van der Waals surface area contributed by atoms with Crippen LogP contribution in [0.2, 0.25) is 0 Å². The number of rotatable bonds is 7. The van der Waals surface area contributed by atoms with E-state index in [1.165, 1.54) is 37.7 Å². The lowest BCUT2D eigenvalue weighted by atomic mass is 9.77. The first kappa shape index (κ1) is 29.4. The van der Waals surface area contributed by atoms with Crippen LogP contribution in [0.5, 0.6) is 0 Å². The molecular formula is C45H36N4. The fourth-order valence-electron chi connectivity index (χ4n) is 7.93. The topological polar surface area (TPSA) is 51.6 Å². The average molecular weight is 633 g/mol. The predicted octanol–water partition coefficient (Wildman–Crippen LogP) is 11.1. The first-order chi connectivity index (χ1) is 24.2. The molecule has 2 aromatic heterocycles. The zero-order valence-corrected chi connectivity index (χ0v) is 27.3. The Balaban J connectivity index is 1.09. The van der Waals surface area contributed by atoms with Gasteiger partial charge < -0.3 is 0 Å². The maximum absolute atomic E-state index is 5.09. The maximum Gasteiger partial charge on any atom is 0.160 e. The Morgan fingerprint density at radius 1 is 0.388 bits per heavy atom. The average Bonchev–Trinajstić information content (AvgIpc) is 3.82. The molecule has 0 unspecified atom stereocenters. The molecular weight excluding hydrogens is 597 g/mol. The second-order valence-electron chi connectivity index (χ2n) is 13.6. The molecule has 0 amide bonds. The molecule has 2 bridgehead atoms. The van der Waals surface area contributed by atoms with E-state index in [9.17, 15) is 0 Å². The van der Waals surface area contributed by atoms with Crippen molar-refractivity contribution < 1.29 is 0 Å². The normalized spacial score (nSPS) is 18.1. The van der Waals surface area contributed by atoms with E-state index in [0.717, 1.165) is 67.9 Å². The first-order valence-electron chi connectivity index (χ1n) is 17.4. The van der Waals surface area contributed by atoms with E-state index in [2.05, 4.69) is 97.1 Å². The van der Waals surface area contributed by atoms with Gasteiger partial charge in [0.1, 0.15) is 0 Å². The molecule has 4 heteroatoms. The number of hydrogen-bond acceptors (Lipinski definition) is 4. The highest BCUT2D eigenvalue weighted by Crippen LogP contribution is 2.55. The van der Waals surface area contributed by atoms with E-state index >= 15 is 0 Å². The molecule has 5 aromatic carbocycles. The van der Waals surface area contributed by atoms with Crippen molar-refractivity contribution in [2.75, 3.05) is 0 Å². The molecule has 2 saturated carbocycles. The van der Waals surface area contributed by atoms with Crippen LogP contribution in [-0.4, -0.2) is 19.9 Å². The van der Waals surface area contributed by atoms with E-state index in [1.54, 1.807) is 0 Å². The lowest BCUT2D eigenvalue weighted by Gasteiger charge is -2.27. The highest BCUT2D eigenvalue weighted by molar-refractivity contribution is 5.76. The molecule has 0 spiro atoms. The molecule has 236 valence electrons. The van der Waals surface area contributed by atoms with Crippen LogP contribution in [0.3, 0.4) is 0 Å². The minimum atomic E-state index is 0.393. The third-order valence-electron chi connectivity index (χ3n) is 10.6. The molecule has 9 rings (SSSR count). The molecule has 0 aliphatic heterocycles. The Morgan fingerprint density at radius 2 is 0.735 bits per heavy atom. The Bertz CT molecular complexity index is 2160. The largest absolute Gasteiger partial charge is 0.228 e. The van der Waals surface area contributed by atoms with Gasteiger partial charge in [0.25, 0.3) is 0 Å². The van der Waals surface area contributed by atoms with Gasteiger partial charge in [0.05, 0.1) is 22.8 Å². The summed E-state index contributed by atoms with van der Waals surface area (Å²) in [5.74, 6) is 2.36. The Hall–Kier alpha value is -5.74. The van der Waals surface area contributed by atoms with Gasteiger partial charge in [-0.25, -0.2) is 19.9 Å². The monoisotopic (exact) mass is 632 g/mol. The second-order valence-corrected chi connectivity index (χ2v) is 13.6. The molecule has 0 radical (unpaired) electrons. The molecule has 2 aliphatic carbocycles. The van der Waals surface area contributed by atoms with Gasteiger partial charge in [-0.2, -0.15) is 0 Å². The molecule has 49 heavy (non-hydrogen) atoms. The van der Waals surface area contributed by atoms with Crippen LogP contribution >= 0.6 is 0 Å².